The quantitative estimate of drug-likeness (QED) is 0.819. The van der Waals surface area contributed by atoms with Gasteiger partial charge in [0.25, 0.3) is 0 Å². The van der Waals surface area contributed by atoms with Crippen LogP contribution >= 0.6 is 0 Å². The minimum atomic E-state index is 0.334. The fourth-order valence-electron chi connectivity index (χ4n) is 2.00. The molecule has 15 heavy (non-hydrogen) atoms. The Hall–Kier alpha value is -1.06. The van der Waals surface area contributed by atoms with E-state index in [1.807, 2.05) is 12.1 Å². The van der Waals surface area contributed by atoms with Crippen molar-refractivity contribution in [2.45, 2.75) is 18.6 Å². The zero-order valence-electron chi connectivity index (χ0n) is 9.19. The molecule has 1 aliphatic heterocycles. The predicted molar refractivity (Wildman–Crippen MR) is 59.2 cm³/mol. The van der Waals surface area contributed by atoms with Gasteiger partial charge in [-0.2, -0.15) is 0 Å². The van der Waals surface area contributed by atoms with E-state index in [0.29, 0.717) is 12.1 Å². The molecule has 82 valence electrons. The third-order valence-electron chi connectivity index (χ3n) is 2.92. The van der Waals surface area contributed by atoms with E-state index in [1.54, 1.807) is 14.2 Å². The van der Waals surface area contributed by atoms with Crippen LogP contribution in [0.1, 0.15) is 18.0 Å². The highest BCUT2D eigenvalue weighted by Gasteiger charge is 2.24. The molecule has 1 aliphatic rings. The molecule has 2 rings (SSSR count). The first kappa shape index (κ1) is 10.5. The van der Waals surface area contributed by atoms with Crippen LogP contribution in [0.15, 0.2) is 24.3 Å². The molecule has 0 spiro atoms. The van der Waals surface area contributed by atoms with Crippen LogP contribution in [0.25, 0.3) is 0 Å². The molecule has 1 saturated heterocycles. The summed E-state index contributed by atoms with van der Waals surface area (Å²) in [4.78, 5) is 0. The average molecular weight is 207 g/mol. The molecule has 3 nitrogen and oxygen atoms in total. The molecule has 0 radical (unpaired) electrons. The van der Waals surface area contributed by atoms with E-state index in [4.69, 9.17) is 9.47 Å². The largest absolute Gasteiger partial charge is 0.497 e. The van der Waals surface area contributed by atoms with E-state index >= 15 is 0 Å². The number of hydrogen-bond donors (Lipinski definition) is 1. The standard InChI is InChI=1S/C12H17NO2/c1-14-10-5-3-4-9(6-10)12-7-11(15-2)8-13-12/h3-6,11-13H,7-8H2,1-2H3. The maximum Gasteiger partial charge on any atom is 0.119 e. The Kier molecular flexibility index (Phi) is 3.23. The van der Waals surface area contributed by atoms with Crippen LogP contribution in [0.2, 0.25) is 0 Å². The van der Waals surface area contributed by atoms with Gasteiger partial charge in [-0.25, -0.2) is 0 Å². The van der Waals surface area contributed by atoms with E-state index in [-0.39, 0.29) is 0 Å². The van der Waals surface area contributed by atoms with Gasteiger partial charge in [-0.3, -0.25) is 0 Å². The van der Waals surface area contributed by atoms with Crippen molar-refractivity contribution in [3.05, 3.63) is 29.8 Å². The van der Waals surface area contributed by atoms with E-state index < -0.39 is 0 Å². The third kappa shape index (κ3) is 2.30. The summed E-state index contributed by atoms with van der Waals surface area (Å²) in [5.41, 5.74) is 1.27. The zero-order valence-corrected chi connectivity index (χ0v) is 9.19. The van der Waals surface area contributed by atoms with E-state index in [9.17, 15) is 0 Å². The van der Waals surface area contributed by atoms with Gasteiger partial charge in [-0.1, -0.05) is 12.1 Å². The van der Waals surface area contributed by atoms with Gasteiger partial charge in [-0.05, 0) is 24.1 Å². The molecule has 2 unspecified atom stereocenters. The summed E-state index contributed by atoms with van der Waals surface area (Å²) >= 11 is 0. The fraction of sp³-hybridized carbons (Fsp3) is 0.500. The summed E-state index contributed by atoms with van der Waals surface area (Å²) < 4.78 is 10.5. The highest BCUT2D eigenvalue weighted by molar-refractivity contribution is 5.31. The van der Waals surface area contributed by atoms with Gasteiger partial charge >= 0.3 is 0 Å². The number of nitrogens with one attached hydrogen (secondary N) is 1. The van der Waals surface area contributed by atoms with Crippen molar-refractivity contribution in [3.63, 3.8) is 0 Å². The lowest BCUT2D eigenvalue weighted by atomic mass is 10.0. The van der Waals surface area contributed by atoms with Crippen molar-refractivity contribution in [2.75, 3.05) is 20.8 Å². The van der Waals surface area contributed by atoms with Crippen molar-refractivity contribution >= 4 is 0 Å². The lowest BCUT2D eigenvalue weighted by Crippen LogP contribution is -2.16. The second kappa shape index (κ2) is 4.64. The Morgan fingerprint density at radius 3 is 2.87 bits per heavy atom. The predicted octanol–water partition coefficient (Wildman–Crippen LogP) is 1.74. The molecular formula is C12H17NO2. The van der Waals surface area contributed by atoms with Crippen LogP contribution in [0.3, 0.4) is 0 Å². The number of rotatable bonds is 3. The molecule has 1 heterocycles. The lowest BCUT2D eigenvalue weighted by Gasteiger charge is -2.11. The van der Waals surface area contributed by atoms with E-state index in [1.165, 1.54) is 5.56 Å². The maximum atomic E-state index is 5.33. The first-order valence-electron chi connectivity index (χ1n) is 5.23. The van der Waals surface area contributed by atoms with Gasteiger partial charge < -0.3 is 14.8 Å². The molecule has 2 atom stereocenters. The molecule has 1 aromatic carbocycles. The SMILES string of the molecule is COc1cccc(C2CC(OC)CN2)c1. The normalized spacial score (nSPS) is 25.5. The van der Waals surface area contributed by atoms with Crippen LogP contribution in [0, 0.1) is 0 Å². The Morgan fingerprint density at radius 2 is 2.20 bits per heavy atom. The molecule has 0 aromatic heterocycles. The van der Waals surface area contributed by atoms with E-state index in [2.05, 4.69) is 17.4 Å². The average Bonchev–Trinajstić information content (AvgIpc) is 2.78. The van der Waals surface area contributed by atoms with Gasteiger partial charge in [0.2, 0.25) is 0 Å². The molecule has 0 aliphatic carbocycles. The Labute approximate surface area is 90.4 Å². The Morgan fingerprint density at radius 1 is 1.33 bits per heavy atom. The smallest absolute Gasteiger partial charge is 0.119 e. The first-order chi connectivity index (χ1) is 7.33. The number of ether oxygens (including phenoxy) is 2. The number of methoxy groups -OCH3 is 2. The second-order valence-electron chi connectivity index (χ2n) is 3.83. The molecule has 0 bridgehead atoms. The summed E-state index contributed by atoms with van der Waals surface area (Å²) in [5.74, 6) is 0.912. The molecule has 1 N–H and O–H groups in total. The Bertz CT molecular complexity index is 327. The van der Waals surface area contributed by atoms with Gasteiger partial charge in [0.1, 0.15) is 5.75 Å². The van der Waals surface area contributed by atoms with Crippen LogP contribution in [0.4, 0.5) is 0 Å². The van der Waals surface area contributed by atoms with Crippen molar-refractivity contribution in [2.24, 2.45) is 0 Å². The second-order valence-corrected chi connectivity index (χ2v) is 3.83. The van der Waals surface area contributed by atoms with Gasteiger partial charge in [0, 0.05) is 19.7 Å². The monoisotopic (exact) mass is 207 g/mol. The highest BCUT2D eigenvalue weighted by Crippen LogP contribution is 2.26. The molecule has 0 amide bonds. The minimum absolute atomic E-state index is 0.334. The van der Waals surface area contributed by atoms with Crippen molar-refractivity contribution in [1.82, 2.24) is 5.32 Å². The number of benzene rings is 1. The van der Waals surface area contributed by atoms with Crippen molar-refractivity contribution in [3.8, 4) is 5.75 Å². The molecule has 1 fully saturated rings. The summed E-state index contributed by atoms with van der Waals surface area (Å²) in [6.07, 6.45) is 1.37. The minimum Gasteiger partial charge on any atom is -0.497 e. The van der Waals surface area contributed by atoms with E-state index in [0.717, 1.165) is 18.7 Å². The van der Waals surface area contributed by atoms with Gasteiger partial charge in [-0.15, -0.1) is 0 Å². The van der Waals surface area contributed by atoms with Gasteiger partial charge in [0.15, 0.2) is 0 Å². The molecule has 3 heteroatoms. The fourth-order valence-corrected chi connectivity index (χ4v) is 2.00. The molecular weight excluding hydrogens is 190 g/mol. The first-order valence-corrected chi connectivity index (χ1v) is 5.23. The van der Waals surface area contributed by atoms with Crippen molar-refractivity contribution in [1.29, 1.82) is 0 Å². The summed E-state index contributed by atoms with van der Waals surface area (Å²) in [6, 6.07) is 8.58. The number of hydrogen-bond acceptors (Lipinski definition) is 3. The summed E-state index contributed by atoms with van der Waals surface area (Å²) in [5, 5.41) is 3.44. The van der Waals surface area contributed by atoms with Crippen LogP contribution in [0.5, 0.6) is 5.75 Å². The Balaban J connectivity index is 2.09. The van der Waals surface area contributed by atoms with Crippen LogP contribution in [-0.2, 0) is 4.74 Å². The third-order valence-corrected chi connectivity index (χ3v) is 2.92. The zero-order chi connectivity index (χ0) is 10.7. The molecule has 0 saturated carbocycles. The van der Waals surface area contributed by atoms with Crippen LogP contribution in [-0.4, -0.2) is 26.9 Å². The highest BCUT2D eigenvalue weighted by atomic mass is 16.5. The molecule has 1 aromatic rings. The maximum absolute atomic E-state index is 5.33. The summed E-state index contributed by atoms with van der Waals surface area (Å²) in [6.45, 7) is 0.929. The summed E-state index contributed by atoms with van der Waals surface area (Å²) in [7, 11) is 3.46. The lowest BCUT2D eigenvalue weighted by molar-refractivity contribution is 0.117. The van der Waals surface area contributed by atoms with Crippen LogP contribution < -0.4 is 10.1 Å². The topological polar surface area (TPSA) is 30.5 Å². The van der Waals surface area contributed by atoms with Gasteiger partial charge in [0.05, 0.1) is 13.2 Å². The van der Waals surface area contributed by atoms with Crippen molar-refractivity contribution < 1.29 is 9.47 Å².